The van der Waals surface area contributed by atoms with Crippen LogP contribution < -0.4 is 16.0 Å². The third-order valence-electron chi connectivity index (χ3n) is 7.65. The molecule has 1 unspecified atom stereocenters. The van der Waals surface area contributed by atoms with E-state index in [-0.39, 0.29) is 38.1 Å². The average molecular weight is 588 g/mol. The van der Waals surface area contributed by atoms with Crippen LogP contribution in [-0.4, -0.2) is 76.1 Å². The Balaban J connectivity index is 1.54. The number of alkyl halides is 1. The molecule has 1 aliphatic heterocycles. The van der Waals surface area contributed by atoms with Crippen molar-refractivity contribution in [3.05, 3.63) is 41.0 Å². The van der Waals surface area contributed by atoms with E-state index in [1.807, 2.05) is 31.2 Å². The maximum Gasteiger partial charge on any atom is 0.258 e. The lowest BCUT2D eigenvalue weighted by molar-refractivity contribution is -0.145. The first-order valence-electron chi connectivity index (χ1n) is 13.7. The maximum atomic E-state index is 14.4. The minimum Gasteiger partial charge on any atom is -0.391 e. The van der Waals surface area contributed by atoms with Crippen molar-refractivity contribution >= 4 is 35.0 Å². The molecule has 4 N–H and O–H groups in total. The number of rotatable bonds is 9. The van der Waals surface area contributed by atoms with Gasteiger partial charge < -0.3 is 26.0 Å². The summed E-state index contributed by atoms with van der Waals surface area (Å²) in [6.07, 6.45) is -0.791. The van der Waals surface area contributed by atoms with Gasteiger partial charge in [0.1, 0.15) is 12.1 Å². The van der Waals surface area contributed by atoms with Gasteiger partial charge >= 0.3 is 0 Å². The molecule has 41 heavy (non-hydrogen) atoms. The van der Waals surface area contributed by atoms with Gasteiger partial charge in [0.25, 0.3) is 5.91 Å². The molecule has 2 fully saturated rings. The molecule has 12 heteroatoms. The number of benzene rings is 1. The van der Waals surface area contributed by atoms with Gasteiger partial charge in [-0.3, -0.25) is 19.2 Å². The van der Waals surface area contributed by atoms with E-state index in [1.54, 1.807) is 26.3 Å². The van der Waals surface area contributed by atoms with Gasteiger partial charge in [-0.05, 0) is 36.3 Å². The smallest absolute Gasteiger partial charge is 0.258 e. The SMILES string of the molecule is CNC(=O)C[C@H](NC(=O)C1C[C@@H](O)CN1C(=O)[C@@H](NC(=O)C1(F)CC1)C(C)(C)C)c1ccc(-c2scnc2C)cc1. The number of hydrogen-bond donors (Lipinski definition) is 4. The van der Waals surface area contributed by atoms with E-state index in [0.717, 1.165) is 16.1 Å². The number of carbonyl (C=O) groups excluding carboxylic acids is 4. The summed E-state index contributed by atoms with van der Waals surface area (Å²) in [5, 5.41) is 18.5. The van der Waals surface area contributed by atoms with Crippen molar-refractivity contribution in [1.82, 2.24) is 25.8 Å². The molecule has 1 aromatic carbocycles. The number of aromatic nitrogens is 1. The largest absolute Gasteiger partial charge is 0.391 e. The number of nitrogens with zero attached hydrogens (tertiary/aromatic N) is 2. The Hall–Kier alpha value is -3.38. The fourth-order valence-electron chi connectivity index (χ4n) is 4.97. The van der Waals surface area contributed by atoms with Gasteiger partial charge in [-0.2, -0.15) is 0 Å². The van der Waals surface area contributed by atoms with Crippen molar-refractivity contribution in [2.45, 2.75) is 83.3 Å². The number of aliphatic hydroxyl groups excluding tert-OH is 1. The number of likely N-dealkylation sites (tertiary alicyclic amines) is 1. The number of amides is 4. The van der Waals surface area contributed by atoms with Gasteiger partial charge in [0.15, 0.2) is 5.67 Å². The third-order valence-corrected chi connectivity index (χ3v) is 8.63. The molecule has 4 rings (SSSR count). The fraction of sp³-hybridized carbons (Fsp3) is 0.552. The standard InChI is InChI=1S/C29H38FN5O5S/c1-16-23(41-15-32-16)18-8-6-17(7-9-18)20(13-22(37)31-5)33-25(38)21-12-19(36)14-35(21)26(39)24(28(2,3)4)34-27(40)29(30)10-11-29/h6-9,15,19-21,24,36H,10-14H2,1-5H3,(H,31,37)(H,33,38)(H,34,40)/t19-,20+,21?,24-/m1/s1. The first-order chi connectivity index (χ1) is 19.2. The second kappa shape index (κ2) is 11.8. The van der Waals surface area contributed by atoms with E-state index in [0.29, 0.717) is 5.56 Å². The highest BCUT2D eigenvalue weighted by atomic mass is 32.1. The van der Waals surface area contributed by atoms with Gasteiger partial charge in [0.05, 0.1) is 34.6 Å². The Labute approximate surface area is 243 Å². The van der Waals surface area contributed by atoms with Crippen molar-refractivity contribution in [2.75, 3.05) is 13.6 Å². The molecule has 0 bridgehead atoms. The van der Waals surface area contributed by atoms with Crippen LogP contribution in [0.1, 0.15) is 63.8 Å². The summed E-state index contributed by atoms with van der Waals surface area (Å²) in [6.45, 7) is 7.04. The quantitative estimate of drug-likeness (QED) is 0.355. The van der Waals surface area contributed by atoms with Crippen LogP contribution in [0.15, 0.2) is 29.8 Å². The molecular formula is C29H38FN5O5S. The molecule has 2 heterocycles. The summed E-state index contributed by atoms with van der Waals surface area (Å²) >= 11 is 1.52. The molecule has 1 aromatic heterocycles. The number of nitrogens with one attached hydrogen (secondary N) is 3. The fourth-order valence-corrected chi connectivity index (χ4v) is 5.78. The Morgan fingerprint density at radius 2 is 1.83 bits per heavy atom. The van der Waals surface area contributed by atoms with E-state index in [9.17, 15) is 28.7 Å². The van der Waals surface area contributed by atoms with Crippen LogP contribution in [0.2, 0.25) is 0 Å². The van der Waals surface area contributed by atoms with E-state index >= 15 is 0 Å². The second-order valence-electron chi connectivity index (χ2n) is 12.0. The maximum absolute atomic E-state index is 14.4. The number of aryl methyl sites for hydroxylation is 1. The predicted molar refractivity (Wildman–Crippen MR) is 152 cm³/mol. The van der Waals surface area contributed by atoms with Crippen LogP contribution in [0.4, 0.5) is 4.39 Å². The zero-order valence-corrected chi connectivity index (χ0v) is 24.8. The summed E-state index contributed by atoms with van der Waals surface area (Å²) < 4.78 is 14.4. The Bertz CT molecular complexity index is 1300. The molecule has 1 aliphatic carbocycles. The zero-order chi connectivity index (χ0) is 30.1. The molecule has 10 nitrogen and oxygen atoms in total. The number of aliphatic hydroxyl groups is 1. The van der Waals surface area contributed by atoms with E-state index in [4.69, 9.17) is 0 Å². The molecular weight excluding hydrogens is 549 g/mol. The molecule has 0 radical (unpaired) electrons. The van der Waals surface area contributed by atoms with Crippen LogP contribution in [0.3, 0.4) is 0 Å². The molecule has 1 saturated carbocycles. The van der Waals surface area contributed by atoms with E-state index in [1.165, 1.54) is 23.3 Å². The minimum absolute atomic E-state index is 0.00822. The molecule has 1 saturated heterocycles. The molecule has 0 spiro atoms. The minimum atomic E-state index is -1.97. The lowest BCUT2D eigenvalue weighted by atomic mass is 9.85. The van der Waals surface area contributed by atoms with Crippen LogP contribution >= 0.6 is 11.3 Å². The summed E-state index contributed by atoms with van der Waals surface area (Å²) in [6, 6.07) is 4.65. The Kier molecular flexibility index (Phi) is 8.84. The normalized spacial score (nSPS) is 21.1. The summed E-state index contributed by atoms with van der Waals surface area (Å²) in [4.78, 5) is 58.8. The molecule has 4 amide bonds. The number of carbonyl (C=O) groups is 4. The van der Waals surface area contributed by atoms with Gasteiger partial charge in [-0.25, -0.2) is 9.37 Å². The van der Waals surface area contributed by atoms with E-state index < -0.39 is 53.0 Å². The van der Waals surface area contributed by atoms with Crippen molar-refractivity contribution < 1.29 is 28.7 Å². The zero-order valence-electron chi connectivity index (χ0n) is 24.0. The van der Waals surface area contributed by atoms with Crippen molar-refractivity contribution in [3.63, 3.8) is 0 Å². The number of hydrogen-bond acceptors (Lipinski definition) is 7. The van der Waals surface area contributed by atoms with Crippen LogP contribution in [0, 0.1) is 12.3 Å². The first-order valence-corrected chi connectivity index (χ1v) is 14.6. The van der Waals surface area contributed by atoms with Gasteiger partial charge in [0.2, 0.25) is 17.7 Å². The highest BCUT2D eigenvalue weighted by Gasteiger charge is 2.53. The Morgan fingerprint density at radius 3 is 2.37 bits per heavy atom. The van der Waals surface area contributed by atoms with E-state index in [2.05, 4.69) is 20.9 Å². The highest BCUT2D eigenvalue weighted by Crippen LogP contribution is 2.40. The first kappa shape index (κ1) is 30.6. The Morgan fingerprint density at radius 1 is 1.17 bits per heavy atom. The summed E-state index contributed by atoms with van der Waals surface area (Å²) in [7, 11) is 1.51. The van der Waals surface area contributed by atoms with Crippen LogP contribution in [0.5, 0.6) is 0 Å². The van der Waals surface area contributed by atoms with Crippen molar-refractivity contribution in [3.8, 4) is 10.4 Å². The third kappa shape index (κ3) is 6.92. The average Bonchev–Trinajstić information content (AvgIpc) is 3.33. The number of thiazole rings is 1. The molecule has 2 aliphatic rings. The molecule has 222 valence electrons. The molecule has 2 aromatic rings. The van der Waals surface area contributed by atoms with Crippen LogP contribution in [0.25, 0.3) is 10.4 Å². The topological polar surface area (TPSA) is 141 Å². The summed E-state index contributed by atoms with van der Waals surface area (Å²) in [5.74, 6) is -2.23. The van der Waals surface area contributed by atoms with Crippen molar-refractivity contribution in [1.29, 1.82) is 0 Å². The van der Waals surface area contributed by atoms with Crippen molar-refractivity contribution in [2.24, 2.45) is 5.41 Å². The monoisotopic (exact) mass is 587 g/mol. The van der Waals surface area contributed by atoms with Gasteiger partial charge in [0, 0.05) is 20.0 Å². The lowest BCUT2D eigenvalue weighted by Crippen LogP contribution is -2.59. The molecule has 4 atom stereocenters. The highest BCUT2D eigenvalue weighted by molar-refractivity contribution is 7.13. The van der Waals surface area contributed by atoms with Crippen LogP contribution in [-0.2, 0) is 19.2 Å². The van der Waals surface area contributed by atoms with Gasteiger partial charge in [-0.1, -0.05) is 45.0 Å². The van der Waals surface area contributed by atoms with Gasteiger partial charge in [-0.15, -0.1) is 11.3 Å². The predicted octanol–water partition coefficient (Wildman–Crippen LogP) is 2.41. The number of halogens is 1. The lowest BCUT2D eigenvalue weighted by Gasteiger charge is -2.36. The second-order valence-corrected chi connectivity index (χ2v) is 12.8. The number of β-amino-alcohol motifs (C(OH)–C–C–N with tert-alkyl or cyclic N) is 1. The summed E-state index contributed by atoms with van der Waals surface area (Å²) in [5.41, 5.74) is 1.59.